The maximum atomic E-state index is 2.55. The monoisotopic (exact) mass is 450 g/mol. The zero-order valence-electron chi connectivity index (χ0n) is 16.5. The third kappa shape index (κ3) is 5.27. The molecule has 1 aliphatic carbocycles. The summed E-state index contributed by atoms with van der Waals surface area (Å²) in [4.78, 5) is 0. The first-order valence-electron chi connectivity index (χ1n) is 8.14. The van der Waals surface area contributed by atoms with E-state index in [0.717, 1.165) is 0 Å². The van der Waals surface area contributed by atoms with Crippen molar-refractivity contribution in [2.24, 2.45) is 0 Å². The molecule has 2 rings (SSSR count). The summed E-state index contributed by atoms with van der Waals surface area (Å²) < 4.78 is 0.0940. The topological polar surface area (TPSA) is 0 Å². The van der Waals surface area contributed by atoms with Gasteiger partial charge in [-0.25, -0.2) is 0 Å². The van der Waals surface area contributed by atoms with Gasteiger partial charge in [0.05, 0.1) is 0 Å². The van der Waals surface area contributed by atoms with Gasteiger partial charge in [0.15, 0.2) is 0 Å². The molecule has 0 aromatic heterocycles. The van der Waals surface area contributed by atoms with Crippen LogP contribution in [0.1, 0.15) is 36.1 Å². The molecule has 1 aromatic rings. The molecule has 1 aromatic carbocycles. The number of rotatable bonds is 3. The van der Waals surface area contributed by atoms with Gasteiger partial charge >= 0.3 is 150 Å². The Morgan fingerprint density at radius 2 is 1.36 bits per heavy atom. The molecule has 0 heterocycles. The zero-order chi connectivity index (χ0) is 16.9. The van der Waals surface area contributed by atoms with Gasteiger partial charge in [0, 0.05) is 0 Å². The molecule has 0 aliphatic heterocycles. The molecule has 0 fully saturated rings. The van der Waals surface area contributed by atoms with Crippen LogP contribution in [0.5, 0.6) is 0 Å². The SMILES string of the molecule is Cc1cc(C(C)(C)[C]2([Ti+3])C=CC([Si](C)(C)C)=C2)cc(C)c1C.[Cl-].[Cl-].[Cl-]. The van der Waals surface area contributed by atoms with Crippen LogP contribution in [0.15, 0.2) is 35.6 Å². The Morgan fingerprint density at radius 3 is 1.72 bits per heavy atom. The number of benzene rings is 1. The van der Waals surface area contributed by atoms with Gasteiger partial charge in [0.1, 0.15) is 0 Å². The molecule has 0 radical (unpaired) electrons. The van der Waals surface area contributed by atoms with Gasteiger partial charge in [-0.05, 0) is 0 Å². The van der Waals surface area contributed by atoms with Crippen molar-refractivity contribution in [3.63, 3.8) is 0 Å². The fourth-order valence-corrected chi connectivity index (χ4v) is 5.12. The molecule has 0 spiro atoms. The van der Waals surface area contributed by atoms with Crippen LogP contribution in [0.25, 0.3) is 0 Å². The van der Waals surface area contributed by atoms with Crippen molar-refractivity contribution >= 4 is 8.07 Å². The number of hydrogen-bond acceptors (Lipinski definition) is 0. The fraction of sp³-hybridized carbons (Fsp3) is 0.500. The number of allylic oxidation sites excluding steroid dienone is 4. The third-order valence-electron chi connectivity index (χ3n) is 5.46. The van der Waals surface area contributed by atoms with Gasteiger partial charge in [-0.15, -0.1) is 0 Å². The van der Waals surface area contributed by atoms with E-state index in [4.69, 9.17) is 0 Å². The van der Waals surface area contributed by atoms with Crippen LogP contribution in [0.2, 0.25) is 23.4 Å². The normalized spacial score (nSPS) is 19.5. The summed E-state index contributed by atoms with van der Waals surface area (Å²) >= 11 is 2.39. The van der Waals surface area contributed by atoms with Gasteiger partial charge in [-0.2, -0.15) is 0 Å². The maximum Gasteiger partial charge on any atom is -1.00 e. The second-order valence-corrected chi connectivity index (χ2v) is 14.8. The predicted molar refractivity (Wildman–Crippen MR) is 96.9 cm³/mol. The van der Waals surface area contributed by atoms with Crippen LogP contribution < -0.4 is 37.2 Å². The van der Waals surface area contributed by atoms with Crippen molar-refractivity contribution in [2.75, 3.05) is 0 Å². The summed E-state index contributed by atoms with van der Waals surface area (Å²) in [6.07, 6.45) is 7.37. The standard InChI is InChI=1S/C20H29Si.3ClH.Ti/c1-14-11-18(12-15(2)16(14)3)20(4,5)17-9-10-19(13-17)21(6,7)8;;;;/h9-13H,1-8H3;3*1H;/q;;;;+3/p-3. The smallest absolute Gasteiger partial charge is 1.00 e. The van der Waals surface area contributed by atoms with Gasteiger partial charge in [-0.3, -0.25) is 0 Å². The summed E-state index contributed by atoms with van der Waals surface area (Å²) in [5.41, 5.74) is 5.78. The van der Waals surface area contributed by atoms with Crippen LogP contribution in [0, 0.1) is 20.8 Å². The summed E-state index contributed by atoms with van der Waals surface area (Å²) in [5, 5.41) is 1.59. The Labute approximate surface area is 186 Å². The van der Waals surface area contributed by atoms with Gasteiger partial charge in [-0.1, -0.05) is 0 Å². The maximum absolute atomic E-state index is 2.55. The van der Waals surface area contributed by atoms with E-state index in [1.807, 2.05) is 0 Å². The average Bonchev–Trinajstić information content (AvgIpc) is 2.79. The van der Waals surface area contributed by atoms with Crippen LogP contribution in [-0.2, 0) is 25.9 Å². The molecule has 5 heteroatoms. The Morgan fingerprint density at radius 1 is 0.920 bits per heavy atom. The first kappa shape index (κ1) is 27.7. The molecule has 1 aliphatic rings. The van der Waals surface area contributed by atoms with Crippen molar-refractivity contribution in [2.45, 2.75) is 63.4 Å². The minimum Gasteiger partial charge on any atom is -1.00 e. The van der Waals surface area contributed by atoms with E-state index in [0.29, 0.717) is 0 Å². The summed E-state index contributed by atoms with van der Waals surface area (Å²) in [6, 6.07) is 4.78. The van der Waals surface area contributed by atoms with E-state index >= 15 is 0 Å². The van der Waals surface area contributed by atoms with Crippen LogP contribution in [0.3, 0.4) is 0 Å². The summed E-state index contributed by atoms with van der Waals surface area (Å²) in [5.74, 6) is 0. The minimum absolute atomic E-state index is 0. The Hall–Kier alpha value is 0.501. The molecule has 1 unspecified atom stereocenters. The van der Waals surface area contributed by atoms with E-state index in [-0.39, 0.29) is 46.4 Å². The first-order chi connectivity index (χ1) is 9.88. The zero-order valence-corrected chi connectivity index (χ0v) is 21.3. The molecule has 0 nitrogen and oxygen atoms in total. The van der Waals surface area contributed by atoms with Crippen molar-refractivity contribution in [3.05, 3.63) is 57.8 Å². The molecule has 0 saturated carbocycles. The molecule has 1 atom stereocenters. The second-order valence-electron chi connectivity index (χ2n) is 8.41. The number of hydrogen-bond donors (Lipinski definition) is 0. The van der Waals surface area contributed by atoms with Crippen molar-refractivity contribution < 1.29 is 57.7 Å². The van der Waals surface area contributed by atoms with E-state index in [1.54, 1.807) is 5.20 Å². The van der Waals surface area contributed by atoms with Gasteiger partial charge < -0.3 is 37.2 Å². The molecular weight excluding hydrogens is 423 g/mol. The van der Waals surface area contributed by atoms with E-state index in [2.05, 4.69) is 105 Å². The van der Waals surface area contributed by atoms with E-state index in [1.165, 1.54) is 22.3 Å². The number of halogens is 3. The first-order valence-corrected chi connectivity index (χ1v) is 12.4. The number of aryl methyl sites for hydroxylation is 2. The van der Waals surface area contributed by atoms with Crippen LogP contribution in [0.4, 0.5) is 0 Å². The molecule has 0 N–H and O–H groups in total. The molecule has 0 amide bonds. The van der Waals surface area contributed by atoms with Crippen LogP contribution >= 0.6 is 0 Å². The van der Waals surface area contributed by atoms with E-state index in [9.17, 15) is 0 Å². The quantitative estimate of drug-likeness (QED) is 0.429. The van der Waals surface area contributed by atoms with Crippen LogP contribution in [-0.4, -0.2) is 8.07 Å². The third-order valence-corrected chi connectivity index (χ3v) is 8.96. The Bertz CT molecular complexity index is 649. The summed E-state index contributed by atoms with van der Waals surface area (Å²) in [6.45, 7) is 18.8. The molecule has 138 valence electrons. The summed E-state index contributed by atoms with van der Waals surface area (Å²) in [7, 11) is -1.25. The molecule has 0 saturated heterocycles. The molecule has 0 bridgehead atoms. The van der Waals surface area contributed by atoms with E-state index < -0.39 is 8.07 Å². The minimum atomic E-state index is -1.25. The van der Waals surface area contributed by atoms with Crippen molar-refractivity contribution in [1.29, 1.82) is 0 Å². The fourth-order valence-electron chi connectivity index (χ4n) is 3.05. The largest absolute Gasteiger partial charge is 1.00 e. The second kappa shape index (κ2) is 9.13. The average molecular weight is 452 g/mol. The Balaban J connectivity index is 0. The van der Waals surface area contributed by atoms with Crippen molar-refractivity contribution in [3.8, 4) is 0 Å². The predicted octanol–water partition coefficient (Wildman–Crippen LogP) is -3.02. The molecule has 25 heavy (non-hydrogen) atoms. The molecular formula is C20H29Cl3SiTi. The van der Waals surface area contributed by atoms with Gasteiger partial charge in [0.25, 0.3) is 0 Å². The van der Waals surface area contributed by atoms with Crippen molar-refractivity contribution in [1.82, 2.24) is 0 Å². The van der Waals surface area contributed by atoms with Gasteiger partial charge in [0.2, 0.25) is 0 Å². The Kier molecular flexibility index (Phi) is 10.1.